The first-order valence-corrected chi connectivity index (χ1v) is 27.5. The lowest BCUT2D eigenvalue weighted by Gasteiger charge is -2.28. The first-order chi connectivity index (χ1) is 31.6. The van der Waals surface area contributed by atoms with Gasteiger partial charge in [-0.1, -0.05) is 26.7 Å². The van der Waals surface area contributed by atoms with Crippen LogP contribution in [-0.4, -0.2) is 133 Å². The predicted octanol–water partition coefficient (Wildman–Crippen LogP) is 1.11. The molecule has 372 valence electrons. The highest BCUT2D eigenvalue weighted by Crippen LogP contribution is 2.37. The zero-order valence-corrected chi connectivity index (χ0v) is 42.0. The third kappa shape index (κ3) is 17.1. The van der Waals surface area contributed by atoms with E-state index in [9.17, 15) is 45.1 Å². The third-order valence-electron chi connectivity index (χ3n) is 8.28. The summed E-state index contributed by atoms with van der Waals surface area (Å²) in [5.74, 6) is 1.23. The molecule has 2 aliphatic rings. The molecule has 5 N–H and O–H groups in total. The summed E-state index contributed by atoms with van der Waals surface area (Å²) in [5, 5.41) is 11.3. The summed E-state index contributed by atoms with van der Waals surface area (Å²) in [5.41, 5.74) is 0.678. The number of aliphatic carboxylic acids is 1. The number of carbonyl (C=O) groups excluding carboxylic acids is 2. The molecule has 0 spiro atoms. The van der Waals surface area contributed by atoms with Crippen LogP contribution < -0.4 is 44.2 Å². The number of sulfonamides is 1. The van der Waals surface area contributed by atoms with E-state index in [0.29, 0.717) is 27.1 Å². The standard InChI is InChI=1S/C18H17FN4O2S.C14H17N5O7S2.C3H8NO5P.C3H9S/c1-4-5-22-13-7-12(11(19)6-14(13)25-9-16(22)24)20-17-23-10-18(2,3)8-15(23)21-26-17;1-4-27(21,22)9-6-5-7-15-12(9)28(23,24)19-14(20)18-13-16-10(25-2)8-11(17-13)26-3;5-3(6)1-4-2-10(7,8)9;1-4(2)3/h1,6-7H,5,8-10H2,2-3H3;5-8H,4H2,1-3H3,(H2,16,17,18,19,20);4H,1-2H2,(H,5,6)(H2,7,8,9);1-3H3/q;;;+1/p-1. The molecule has 1 unspecified atom stereocenters. The van der Waals surface area contributed by atoms with Crippen molar-refractivity contribution in [1.29, 1.82) is 0 Å². The number of sulfone groups is 1. The maximum Gasteiger partial charge on any atom is 0.335 e. The summed E-state index contributed by atoms with van der Waals surface area (Å²) in [6.45, 7) is 5.93. The number of amides is 3. The number of rotatable bonds is 13. The Morgan fingerprint density at radius 3 is 2.34 bits per heavy atom. The van der Waals surface area contributed by atoms with Crippen LogP contribution in [0.1, 0.15) is 26.6 Å². The summed E-state index contributed by atoms with van der Waals surface area (Å²) in [6.07, 6.45) is 13.2. The predicted molar refractivity (Wildman–Crippen MR) is 248 cm³/mol. The summed E-state index contributed by atoms with van der Waals surface area (Å²) in [4.78, 5) is 69.1. The molecule has 2 aliphatic heterocycles. The van der Waals surface area contributed by atoms with Crippen LogP contribution in [0.2, 0.25) is 0 Å². The number of carboxylic acids is 1. The topological polar surface area (TPSA) is 336 Å². The van der Waals surface area contributed by atoms with Crippen LogP contribution in [-0.2, 0) is 57.9 Å². The van der Waals surface area contributed by atoms with E-state index in [1.165, 1.54) is 61.8 Å². The number of ether oxygens (including phenoxy) is 3. The normalized spacial score (nSPS) is 14.7. The van der Waals surface area contributed by atoms with Crippen molar-refractivity contribution in [3.63, 3.8) is 0 Å². The lowest BCUT2D eigenvalue weighted by atomic mass is 9.92. The Kier molecular flexibility index (Phi) is 20.4. The van der Waals surface area contributed by atoms with Crippen LogP contribution in [0.5, 0.6) is 17.5 Å². The van der Waals surface area contributed by atoms with Gasteiger partial charge in [0, 0.05) is 36.8 Å². The molecule has 1 aromatic carbocycles. The zero-order valence-electron chi connectivity index (χ0n) is 37.9. The van der Waals surface area contributed by atoms with Crippen LogP contribution >= 0.6 is 19.1 Å². The van der Waals surface area contributed by atoms with Gasteiger partial charge < -0.3 is 38.2 Å². The van der Waals surface area contributed by atoms with Crippen LogP contribution in [0.15, 0.2) is 51.4 Å². The quantitative estimate of drug-likeness (QED) is 0.0711. The Bertz CT molecular complexity index is 2830. The van der Waals surface area contributed by atoms with Gasteiger partial charge in [-0.15, -0.1) is 6.42 Å². The number of nitrogens with one attached hydrogen (secondary N) is 3. The number of hydrogen-bond donors (Lipinski definition) is 5. The van der Waals surface area contributed by atoms with Gasteiger partial charge in [-0.05, 0) is 34.5 Å². The minimum absolute atomic E-state index is 0.0612. The number of halogens is 1. The van der Waals surface area contributed by atoms with Gasteiger partial charge in [0.1, 0.15) is 29.8 Å². The number of aromatic nitrogens is 5. The molecule has 0 saturated carbocycles. The van der Waals surface area contributed by atoms with E-state index in [0.717, 1.165) is 31.1 Å². The van der Waals surface area contributed by atoms with Gasteiger partial charge in [-0.3, -0.25) is 25.1 Å². The molecule has 0 fully saturated rings. The first-order valence-electron chi connectivity index (χ1n) is 19.4. The Labute approximate surface area is 398 Å². The van der Waals surface area contributed by atoms with Crippen molar-refractivity contribution in [3.8, 4) is 29.9 Å². The highest BCUT2D eigenvalue weighted by molar-refractivity contribution is 7.94. The Balaban J connectivity index is 0.000000283. The SMILES string of the molecule is C#CCN1C(=O)COc2cc(F)c(N=c3snc4n3CC(C)(C)C4)cc21.CCS(=O)(=O)c1cccnc1S(=O)(=O)NC(=O)Nc1nc(OC)cc(OC)n1.C[S+](C)C.O=C(O)CNCP(=O)([O-])O. The number of urea groups is 1. The molecule has 3 amide bonds. The number of carboxylic acid groups (broad SMARTS) is 1. The first kappa shape index (κ1) is 56.6. The minimum Gasteiger partial charge on any atom is -0.778 e. The molecule has 0 aliphatic carbocycles. The molecule has 30 heteroatoms. The third-order valence-corrected chi connectivity index (χ3v) is 12.9. The molecule has 0 saturated heterocycles. The molecule has 4 aromatic rings. The van der Waals surface area contributed by atoms with Crippen molar-refractivity contribution in [1.82, 2.24) is 33.9 Å². The number of hydrogen-bond acceptors (Lipinski definition) is 19. The fraction of sp³-hybridized carbons (Fsp3) is 0.421. The van der Waals surface area contributed by atoms with Gasteiger partial charge in [0.15, 0.2) is 27.3 Å². The largest absolute Gasteiger partial charge is 0.778 e. The van der Waals surface area contributed by atoms with Gasteiger partial charge in [0.2, 0.25) is 22.5 Å². The summed E-state index contributed by atoms with van der Waals surface area (Å²) >= 11 is 1.24. The highest BCUT2D eigenvalue weighted by Gasteiger charge is 2.32. The minimum atomic E-state index is -4.61. The van der Waals surface area contributed by atoms with Gasteiger partial charge in [0.25, 0.3) is 15.9 Å². The summed E-state index contributed by atoms with van der Waals surface area (Å²) < 4.78 is 96.9. The zero-order chi connectivity index (χ0) is 51.2. The van der Waals surface area contributed by atoms with E-state index in [1.54, 1.807) is 4.72 Å². The number of anilines is 2. The van der Waals surface area contributed by atoms with E-state index in [2.05, 4.69) is 68.2 Å². The van der Waals surface area contributed by atoms with Gasteiger partial charge >= 0.3 is 12.0 Å². The molecule has 1 atom stereocenters. The molecule has 3 aromatic heterocycles. The van der Waals surface area contributed by atoms with Crippen LogP contribution in [0.4, 0.5) is 26.5 Å². The van der Waals surface area contributed by atoms with E-state index in [1.807, 2.05) is 9.88 Å². The maximum atomic E-state index is 14.5. The highest BCUT2D eigenvalue weighted by atomic mass is 32.2. The smallest absolute Gasteiger partial charge is 0.335 e. The summed E-state index contributed by atoms with van der Waals surface area (Å²) in [6, 6.07) is 5.23. The van der Waals surface area contributed by atoms with E-state index in [4.69, 9.17) is 30.6 Å². The van der Waals surface area contributed by atoms with Crippen molar-refractivity contribution in [3.05, 3.63) is 53.0 Å². The monoisotopic (exact) mass is 1050 g/mol. The van der Waals surface area contributed by atoms with Crippen molar-refractivity contribution < 1.29 is 69.3 Å². The lowest BCUT2D eigenvalue weighted by Crippen LogP contribution is -2.39. The van der Waals surface area contributed by atoms with E-state index < -0.39 is 68.0 Å². The second kappa shape index (κ2) is 24.5. The number of nitrogens with zero attached hydrogens (tertiary/aromatic N) is 7. The van der Waals surface area contributed by atoms with Crippen molar-refractivity contribution in [2.45, 2.75) is 43.7 Å². The van der Waals surface area contributed by atoms with E-state index >= 15 is 0 Å². The van der Waals surface area contributed by atoms with Crippen molar-refractivity contribution in [2.75, 3.05) is 74.9 Å². The summed E-state index contributed by atoms with van der Waals surface area (Å²) in [7, 11) is -9.56. The Hall–Kier alpha value is -5.73. The molecule has 68 heavy (non-hydrogen) atoms. The van der Waals surface area contributed by atoms with Crippen LogP contribution in [0.25, 0.3) is 0 Å². The Morgan fingerprint density at radius 1 is 1.15 bits per heavy atom. The molecule has 5 heterocycles. The number of methoxy groups -OCH3 is 2. The van der Waals surface area contributed by atoms with E-state index in [-0.39, 0.29) is 53.6 Å². The molecule has 24 nitrogen and oxygen atoms in total. The fourth-order valence-corrected chi connectivity index (χ4v) is 9.19. The molecule has 0 bridgehead atoms. The lowest BCUT2D eigenvalue weighted by molar-refractivity contribution is -0.193. The fourth-order valence-electron chi connectivity index (χ4n) is 5.49. The number of carbonyl (C=O) groups is 3. The maximum absolute atomic E-state index is 14.5. The number of fused-ring (bicyclic) bond motifs is 2. The number of benzene rings is 1. The Morgan fingerprint density at radius 2 is 1.78 bits per heavy atom. The van der Waals surface area contributed by atoms with Crippen LogP contribution in [0, 0.1) is 23.6 Å². The number of terminal acetylenes is 1. The number of pyridine rings is 1. The second-order valence-corrected chi connectivity index (χ2v) is 23.7. The van der Waals surface area contributed by atoms with Gasteiger partial charge in [0.05, 0.1) is 69.9 Å². The second-order valence-electron chi connectivity index (χ2n) is 15.1. The molecular formula is C38H50FN10O14PS4. The molecule has 0 radical (unpaired) electrons. The molecular weight excluding hydrogens is 999 g/mol. The average molecular weight is 1050 g/mol. The van der Waals surface area contributed by atoms with Crippen LogP contribution in [0.3, 0.4) is 0 Å². The molecule has 6 rings (SSSR count). The van der Waals surface area contributed by atoms with Gasteiger partial charge in [-0.25, -0.2) is 32.3 Å². The van der Waals surface area contributed by atoms with Gasteiger partial charge in [-0.2, -0.15) is 22.8 Å². The average Bonchev–Trinajstić information content (AvgIpc) is 3.76. The van der Waals surface area contributed by atoms with Crippen molar-refractivity contribution in [2.24, 2.45) is 10.4 Å². The van der Waals surface area contributed by atoms with Crippen molar-refractivity contribution >= 4 is 85.1 Å².